The van der Waals surface area contributed by atoms with Gasteiger partial charge in [-0.1, -0.05) is 229 Å². The van der Waals surface area contributed by atoms with Gasteiger partial charge in [0.05, 0.1) is 25.2 Å². The van der Waals surface area contributed by atoms with E-state index in [9.17, 15) is 19.8 Å². The number of unbranched alkanes of at least 4 members (excludes halogenated alkanes) is 23. The number of hydrogen-bond acceptors (Lipinski definition) is 5. The van der Waals surface area contributed by atoms with E-state index in [4.69, 9.17) is 4.74 Å². The molecule has 0 aliphatic carbocycles. The Labute approximate surface area is 371 Å². The number of esters is 1. The zero-order valence-electron chi connectivity index (χ0n) is 39.6. The Hall–Kier alpha value is -2.44. The number of aliphatic hydroxyl groups is 2. The Balaban J connectivity index is 4.66. The summed E-state index contributed by atoms with van der Waals surface area (Å²) in [5, 5.41) is 23.7. The summed E-state index contributed by atoms with van der Waals surface area (Å²) in [6.07, 6.45) is 58.5. The number of carbonyl (C=O) groups is 2. The van der Waals surface area contributed by atoms with Crippen molar-refractivity contribution >= 4 is 11.9 Å². The maximum atomic E-state index is 13.2. The molecule has 3 unspecified atom stereocenters. The summed E-state index contributed by atoms with van der Waals surface area (Å²) < 4.78 is 5.90. The van der Waals surface area contributed by atoms with E-state index in [0.29, 0.717) is 25.7 Å². The molecule has 348 valence electrons. The highest BCUT2D eigenvalue weighted by Crippen LogP contribution is 2.18. The number of ether oxygens (including phenoxy) is 1. The molecule has 0 spiro atoms. The van der Waals surface area contributed by atoms with Gasteiger partial charge in [0.25, 0.3) is 0 Å². The minimum Gasteiger partial charge on any atom is -0.462 e. The van der Waals surface area contributed by atoms with Crippen molar-refractivity contribution in [2.24, 2.45) is 0 Å². The van der Waals surface area contributed by atoms with Crippen LogP contribution in [0, 0.1) is 0 Å². The molecule has 3 N–H and O–H groups in total. The largest absolute Gasteiger partial charge is 0.462 e. The van der Waals surface area contributed by atoms with Gasteiger partial charge in [0.2, 0.25) is 5.91 Å². The number of nitrogens with one attached hydrogen (secondary N) is 1. The van der Waals surface area contributed by atoms with Gasteiger partial charge >= 0.3 is 5.97 Å². The molecule has 0 radical (unpaired) electrons. The lowest BCUT2D eigenvalue weighted by atomic mass is 10.0. The lowest BCUT2D eigenvalue weighted by Crippen LogP contribution is -2.46. The molecular weight excluding hydrogens is 743 g/mol. The topological polar surface area (TPSA) is 95.9 Å². The van der Waals surface area contributed by atoms with Gasteiger partial charge < -0.3 is 20.3 Å². The average molecular weight is 840 g/mol. The van der Waals surface area contributed by atoms with E-state index in [1.807, 2.05) is 0 Å². The minimum absolute atomic E-state index is 0.0560. The first-order valence-corrected chi connectivity index (χ1v) is 25.5. The molecule has 0 heterocycles. The number of rotatable bonds is 45. The second-order valence-electron chi connectivity index (χ2n) is 17.2. The molecule has 0 aliphatic rings. The number of amides is 1. The highest BCUT2D eigenvalue weighted by Gasteiger charge is 2.24. The zero-order chi connectivity index (χ0) is 43.8. The Morgan fingerprint density at radius 2 is 0.883 bits per heavy atom. The minimum atomic E-state index is -0.796. The number of carbonyl (C=O) groups excluding carboxylic acids is 2. The first-order valence-electron chi connectivity index (χ1n) is 25.5. The smallest absolute Gasteiger partial charge is 0.306 e. The van der Waals surface area contributed by atoms with Gasteiger partial charge in [-0.25, -0.2) is 0 Å². The summed E-state index contributed by atoms with van der Waals surface area (Å²) in [7, 11) is 0. The average Bonchev–Trinajstić information content (AvgIpc) is 3.24. The molecule has 6 nitrogen and oxygen atoms in total. The molecule has 0 bridgehead atoms. The molecule has 60 heavy (non-hydrogen) atoms. The quantitative estimate of drug-likeness (QED) is 0.0322. The molecule has 6 heteroatoms. The molecule has 0 aromatic rings. The van der Waals surface area contributed by atoms with Gasteiger partial charge in [0.15, 0.2) is 0 Å². The highest BCUT2D eigenvalue weighted by atomic mass is 16.5. The van der Waals surface area contributed by atoms with Crippen molar-refractivity contribution in [2.75, 3.05) is 6.61 Å². The highest BCUT2D eigenvalue weighted by molar-refractivity contribution is 5.77. The predicted octanol–water partition coefficient (Wildman–Crippen LogP) is 15.2. The maximum absolute atomic E-state index is 13.2. The zero-order valence-corrected chi connectivity index (χ0v) is 39.6. The molecule has 0 fully saturated rings. The molecule has 0 rings (SSSR count). The second-order valence-corrected chi connectivity index (χ2v) is 17.2. The normalized spacial score (nSPS) is 13.8. The van der Waals surface area contributed by atoms with Gasteiger partial charge in [-0.2, -0.15) is 0 Å². The predicted molar refractivity (Wildman–Crippen MR) is 259 cm³/mol. The molecule has 0 aromatic heterocycles. The van der Waals surface area contributed by atoms with Crippen molar-refractivity contribution in [2.45, 2.75) is 264 Å². The van der Waals surface area contributed by atoms with E-state index in [-0.39, 0.29) is 24.9 Å². The molecule has 0 aromatic carbocycles. The van der Waals surface area contributed by atoms with E-state index in [0.717, 1.165) is 77.0 Å². The molecular formula is C54H97NO5. The van der Waals surface area contributed by atoms with Crippen LogP contribution in [0.5, 0.6) is 0 Å². The van der Waals surface area contributed by atoms with E-state index in [1.165, 1.54) is 116 Å². The molecule has 1 amide bonds. The monoisotopic (exact) mass is 840 g/mol. The van der Waals surface area contributed by atoms with E-state index >= 15 is 0 Å². The third-order valence-corrected chi connectivity index (χ3v) is 11.4. The van der Waals surface area contributed by atoms with Gasteiger partial charge in [-0.05, 0) is 64.2 Å². The van der Waals surface area contributed by atoms with E-state index in [2.05, 4.69) is 86.8 Å². The van der Waals surface area contributed by atoms with Gasteiger partial charge in [-0.3, -0.25) is 9.59 Å². The Bertz CT molecular complexity index is 1080. The van der Waals surface area contributed by atoms with Crippen LogP contribution in [0.1, 0.15) is 245 Å². The summed E-state index contributed by atoms with van der Waals surface area (Å²) in [6, 6.07) is -0.711. The van der Waals surface area contributed by atoms with Crippen LogP contribution in [-0.2, 0) is 14.3 Å². The van der Waals surface area contributed by atoms with Crippen LogP contribution in [0.3, 0.4) is 0 Å². The van der Waals surface area contributed by atoms with E-state index in [1.54, 1.807) is 0 Å². The molecule has 0 aliphatic heterocycles. The maximum Gasteiger partial charge on any atom is 0.306 e. The van der Waals surface area contributed by atoms with Crippen molar-refractivity contribution in [3.05, 3.63) is 60.8 Å². The van der Waals surface area contributed by atoms with Crippen molar-refractivity contribution in [1.29, 1.82) is 0 Å². The van der Waals surface area contributed by atoms with E-state index < -0.39 is 18.2 Å². The summed E-state index contributed by atoms with van der Waals surface area (Å²) >= 11 is 0. The fourth-order valence-corrected chi connectivity index (χ4v) is 7.52. The van der Waals surface area contributed by atoms with Crippen LogP contribution < -0.4 is 5.32 Å². The lowest BCUT2D eigenvalue weighted by molar-refractivity contribution is -0.151. The van der Waals surface area contributed by atoms with Crippen LogP contribution in [0.15, 0.2) is 60.8 Å². The Kier molecular flexibility index (Phi) is 45.7. The number of aliphatic hydroxyl groups excluding tert-OH is 2. The third-order valence-electron chi connectivity index (χ3n) is 11.4. The molecule has 0 saturated heterocycles. The van der Waals surface area contributed by atoms with Crippen LogP contribution in [0.2, 0.25) is 0 Å². The number of hydrogen-bond donors (Lipinski definition) is 3. The summed E-state index contributed by atoms with van der Waals surface area (Å²) in [5.74, 6) is -0.539. The van der Waals surface area contributed by atoms with Crippen LogP contribution in [0.4, 0.5) is 0 Å². The third kappa shape index (κ3) is 42.3. The van der Waals surface area contributed by atoms with Crippen LogP contribution in [-0.4, -0.2) is 46.9 Å². The first kappa shape index (κ1) is 57.6. The van der Waals surface area contributed by atoms with Gasteiger partial charge in [0.1, 0.15) is 6.10 Å². The fraction of sp³-hybridized carbons (Fsp3) is 0.778. The van der Waals surface area contributed by atoms with Crippen molar-refractivity contribution < 1.29 is 24.5 Å². The van der Waals surface area contributed by atoms with Crippen LogP contribution >= 0.6 is 0 Å². The molecule has 0 saturated carbocycles. The fourth-order valence-electron chi connectivity index (χ4n) is 7.52. The summed E-state index contributed by atoms with van der Waals surface area (Å²) in [4.78, 5) is 26.1. The lowest BCUT2D eigenvalue weighted by Gasteiger charge is -2.24. The second kappa shape index (κ2) is 47.6. The SMILES string of the molecule is CC/C=C\C/C=C\C/C=C\C/C=C\C/C=C\CCCC(=O)OC(CCCCCCCCCCCCCCCC)CC(=O)NC(CO)C(O)CCCCCCCCCCCC. The first-order chi connectivity index (χ1) is 29.5. The van der Waals surface area contributed by atoms with Crippen LogP contribution in [0.25, 0.3) is 0 Å². The van der Waals surface area contributed by atoms with Crippen molar-refractivity contribution in [3.8, 4) is 0 Å². The Morgan fingerprint density at radius 3 is 1.30 bits per heavy atom. The Morgan fingerprint density at radius 1 is 0.500 bits per heavy atom. The standard InChI is InChI=1S/C54H97NO5/c1-4-7-10-13-16-19-22-24-26-27-28-30-32-35-38-41-44-47-54(59)60-50(45-42-39-36-33-31-29-25-23-20-17-14-11-8-5-2)48-53(58)55-51(49-56)52(57)46-43-40-37-34-21-18-15-12-9-6-3/h7,10,16,19,24,26,28,30,35,38,50-52,56-57H,4-6,8-9,11-15,17-18,20-23,25,27,29,31-34,36-37,39-49H2,1-3H3,(H,55,58)/b10-7-,19-16-,26-24-,30-28-,38-35-. The summed E-state index contributed by atoms with van der Waals surface area (Å²) in [5.41, 5.74) is 0. The molecule has 3 atom stereocenters. The summed E-state index contributed by atoms with van der Waals surface area (Å²) in [6.45, 7) is 6.35. The van der Waals surface area contributed by atoms with Crippen molar-refractivity contribution in [1.82, 2.24) is 5.32 Å². The van der Waals surface area contributed by atoms with Gasteiger partial charge in [-0.15, -0.1) is 0 Å². The van der Waals surface area contributed by atoms with Gasteiger partial charge in [0, 0.05) is 6.42 Å². The van der Waals surface area contributed by atoms with Crippen molar-refractivity contribution in [3.63, 3.8) is 0 Å². The number of allylic oxidation sites excluding steroid dienone is 10.